The van der Waals surface area contributed by atoms with Gasteiger partial charge in [-0.05, 0) is 44.6 Å². The summed E-state index contributed by atoms with van der Waals surface area (Å²) in [6.45, 7) is 0.619. The Labute approximate surface area is 307 Å². The lowest BCUT2D eigenvalue weighted by molar-refractivity contribution is -0.290. The molecular formula is C32H60N8O13. The van der Waals surface area contributed by atoms with Gasteiger partial charge in [-0.15, -0.1) is 0 Å². The fourth-order valence-electron chi connectivity index (χ4n) is 7.97. The molecular weight excluding hydrogens is 704 g/mol. The molecule has 0 aromatic rings. The molecule has 21 heteroatoms. The van der Waals surface area contributed by atoms with Gasteiger partial charge in [0.05, 0.1) is 30.8 Å². The van der Waals surface area contributed by atoms with Crippen LogP contribution >= 0.6 is 0 Å². The number of aliphatic hydroxyl groups excluding tert-OH is 5. The van der Waals surface area contributed by atoms with E-state index < -0.39 is 116 Å². The first kappa shape index (κ1) is 41.3. The van der Waals surface area contributed by atoms with Crippen LogP contribution in [0.15, 0.2) is 0 Å². The number of β-amino-alcohol motifs (C(OH)–C–C–N with tert-alkyl or cyclic N) is 1. The van der Waals surface area contributed by atoms with E-state index in [1.165, 1.54) is 0 Å². The van der Waals surface area contributed by atoms with Crippen molar-refractivity contribution in [3.8, 4) is 0 Å². The summed E-state index contributed by atoms with van der Waals surface area (Å²) >= 11 is 0. The number of nitrogens with one attached hydrogen (secondary N) is 3. The summed E-state index contributed by atoms with van der Waals surface area (Å²) in [5, 5.41) is 73.7. The van der Waals surface area contributed by atoms with E-state index in [1.54, 1.807) is 0 Å². The van der Waals surface area contributed by atoms with Crippen LogP contribution in [0.25, 0.3) is 0 Å². The van der Waals surface area contributed by atoms with Crippen LogP contribution in [-0.4, -0.2) is 192 Å². The Bertz CT molecular complexity index is 1210. The fraction of sp³-hybridized carbons (Fsp3) is 0.969. The monoisotopic (exact) mass is 764 g/mol. The van der Waals surface area contributed by atoms with Gasteiger partial charge < -0.3 is 104 Å². The van der Waals surface area contributed by atoms with Crippen LogP contribution in [0.2, 0.25) is 0 Å². The predicted molar refractivity (Wildman–Crippen MR) is 182 cm³/mol. The van der Waals surface area contributed by atoms with E-state index in [4.69, 9.17) is 57.1 Å². The molecule has 6 fully saturated rings. The molecule has 2 saturated carbocycles. The van der Waals surface area contributed by atoms with E-state index in [2.05, 4.69) is 16.0 Å². The second-order valence-electron chi connectivity index (χ2n) is 15.6. The van der Waals surface area contributed by atoms with Crippen molar-refractivity contribution in [3.63, 3.8) is 0 Å². The van der Waals surface area contributed by atoms with Gasteiger partial charge >= 0.3 is 0 Å². The van der Waals surface area contributed by atoms with Crippen molar-refractivity contribution in [2.24, 2.45) is 34.6 Å². The summed E-state index contributed by atoms with van der Waals surface area (Å²) in [6, 6.07) is -3.44. The van der Waals surface area contributed by atoms with Crippen LogP contribution in [0.5, 0.6) is 0 Å². The molecule has 0 radical (unpaired) electrons. The van der Waals surface area contributed by atoms with Crippen molar-refractivity contribution in [1.82, 2.24) is 16.0 Å². The van der Waals surface area contributed by atoms with E-state index in [9.17, 15) is 35.4 Å². The molecule has 4 aliphatic heterocycles. The predicted octanol–water partition coefficient (Wildman–Crippen LogP) is -7.98. The third kappa shape index (κ3) is 8.99. The molecule has 19 N–H and O–H groups in total. The fourth-order valence-corrected chi connectivity index (χ4v) is 7.97. The van der Waals surface area contributed by atoms with E-state index in [0.717, 1.165) is 19.4 Å². The first-order valence-corrected chi connectivity index (χ1v) is 18.7. The van der Waals surface area contributed by atoms with Crippen LogP contribution in [-0.2, 0) is 33.2 Å². The summed E-state index contributed by atoms with van der Waals surface area (Å²) in [5.74, 6) is -0.185. The number of carbonyl (C=O) groups is 1. The van der Waals surface area contributed by atoms with Crippen molar-refractivity contribution in [2.45, 2.75) is 148 Å². The average Bonchev–Trinajstić information content (AvgIpc) is 3.40. The highest BCUT2D eigenvalue weighted by molar-refractivity contribution is 5.87. The van der Waals surface area contributed by atoms with Gasteiger partial charge in [-0.25, -0.2) is 0 Å². The Morgan fingerprint density at radius 2 is 1.45 bits per heavy atom. The summed E-state index contributed by atoms with van der Waals surface area (Å²) in [5.41, 5.74) is 29.1. The molecule has 21 nitrogen and oxygen atoms in total. The zero-order valence-electron chi connectivity index (χ0n) is 29.7. The van der Waals surface area contributed by atoms with Gasteiger partial charge in [0.15, 0.2) is 24.5 Å². The van der Waals surface area contributed by atoms with E-state index in [-0.39, 0.29) is 38.2 Å². The Balaban J connectivity index is 1.16. The molecule has 0 unspecified atom stereocenters. The summed E-state index contributed by atoms with van der Waals surface area (Å²) in [4.78, 5) is 13.0. The lowest BCUT2D eigenvalue weighted by Gasteiger charge is -2.47. The summed E-state index contributed by atoms with van der Waals surface area (Å²) in [7, 11) is 0. The van der Waals surface area contributed by atoms with Crippen LogP contribution < -0.4 is 44.6 Å². The van der Waals surface area contributed by atoms with Crippen LogP contribution in [0.4, 0.5) is 0 Å². The molecule has 2 aliphatic carbocycles. The standard InChI is InChI=1S/C32H60N8O13/c33-6-18-22(43)23(44)20(37)29(49-18)52-26-19(9-41)50-30(24(26)45)53-27-21(42)17(40-31(46)32(47)10-39-11-32)5-16(36)25(27)51-28-15(35)2-1-14(48-28)8-38-7-12-3-13(34)4-12/h12-30,38-39,41-45,47H,1-11,33-37H2,(H,40,46)/t12?,13?,14-,15+,16-,17+,18-,19+,20+,21-,22+,23+,24+,25+,26+,27+,28+,29+,30-/m0/s1. The maximum absolute atomic E-state index is 13.0. The number of nitrogens with two attached hydrogens (primary N) is 5. The third-order valence-corrected chi connectivity index (χ3v) is 11.5. The number of hydrogen-bond acceptors (Lipinski definition) is 20. The first-order chi connectivity index (χ1) is 25.2. The van der Waals surface area contributed by atoms with E-state index >= 15 is 0 Å². The number of carbonyl (C=O) groups excluding carboxylic acids is 1. The minimum absolute atomic E-state index is 0.0177. The minimum Gasteiger partial charge on any atom is -0.394 e. The molecule has 17 atom stereocenters. The molecule has 6 aliphatic rings. The normalized spacial score (nSPS) is 48.5. The van der Waals surface area contributed by atoms with Crippen LogP contribution in [0.1, 0.15) is 32.1 Å². The van der Waals surface area contributed by atoms with E-state index in [0.29, 0.717) is 25.3 Å². The highest BCUT2D eigenvalue weighted by Gasteiger charge is 2.55. The molecule has 306 valence electrons. The highest BCUT2D eigenvalue weighted by atomic mass is 16.8. The van der Waals surface area contributed by atoms with E-state index in [1.807, 2.05) is 0 Å². The average molecular weight is 765 g/mol. The summed E-state index contributed by atoms with van der Waals surface area (Å²) < 4.78 is 36.4. The molecule has 1 amide bonds. The van der Waals surface area contributed by atoms with Crippen LogP contribution in [0, 0.1) is 5.92 Å². The molecule has 6 rings (SSSR count). The number of rotatable bonds is 14. The molecule has 0 aromatic carbocycles. The number of ether oxygens (including phenoxy) is 6. The molecule has 4 heterocycles. The first-order valence-electron chi connectivity index (χ1n) is 18.7. The number of amides is 1. The molecule has 0 aromatic heterocycles. The number of aliphatic hydroxyl groups is 6. The second kappa shape index (κ2) is 17.5. The van der Waals surface area contributed by atoms with Crippen LogP contribution in [0.3, 0.4) is 0 Å². The quantitative estimate of drug-likeness (QED) is 0.0781. The SMILES string of the molecule is NC[C@@H]1O[C@H](O[C@H]2[C@@H](O)[C@H](O[C@@H]3[C@@H](O)[C@H](NC(=O)C4(O)CNC4)C[C@H](N)[C@H]3O[C@H]3O[C@H](CNCC4CC(N)C4)CC[C@H]3N)O[C@@H]2CO)[C@H](N)[C@@H](O)[C@@H]1O. The van der Waals surface area contributed by atoms with Crippen molar-refractivity contribution in [2.75, 3.05) is 39.3 Å². The van der Waals surface area contributed by atoms with Crippen molar-refractivity contribution in [3.05, 3.63) is 0 Å². The number of hydrogen-bond donors (Lipinski definition) is 14. The lowest BCUT2D eigenvalue weighted by atomic mass is 9.81. The zero-order chi connectivity index (χ0) is 38.2. The molecule has 0 bridgehead atoms. The van der Waals surface area contributed by atoms with Crippen molar-refractivity contribution < 1.29 is 63.9 Å². The maximum atomic E-state index is 13.0. The van der Waals surface area contributed by atoms with Gasteiger partial charge in [-0.2, -0.15) is 0 Å². The van der Waals surface area contributed by atoms with Crippen molar-refractivity contribution >= 4 is 5.91 Å². The maximum Gasteiger partial charge on any atom is 0.254 e. The largest absolute Gasteiger partial charge is 0.394 e. The second-order valence-corrected chi connectivity index (χ2v) is 15.6. The smallest absolute Gasteiger partial charge is 0.254 e. The molecule has 4 saturated heterocycles. The highest BCUT2D eigenvalue weighted by Crippen LogP contribution is 2.35. The van der Waals surface area contributed by atoms with Crippen molar-refractivity contribution in [1.29, 1.82) is 0 Å². The van der Waals surface area contributed by atoms with Gasteiger partial charge in [-0.3, -0.25) is 4.79 Å². The third-order valence-electron chi connectivity index (χ3n) is 11.5. The van der Waals surface area contributed by atoms with Gasteiger partial charge in [0, 0.05) is 38.3 Å². The molecule has 0 spiro atoms. The summed E-state index contributed by atoms with van der Waals surface area (Å²) in [6.07, 6.45) is -12.9. The van der Waals surface area contributed by atoms with Gasteiger partial charge in [0.25, 0.3) is 5.91 Å². The minimum atomic E-state index is -1.66. The Morgan fingerprint density at radius 3 is 2.09 bits per heavy atom. The Hall–Kier alpha value is -1.29. The van der Waals surface area contributed by atoms with Gasteiger partial charge in [0.1, 0.15) is 54.9 Å². The lowest BCUT2D eigenvalue weighted by Crippen LogP contribution is -2.71. The zero-order valence-corrected chi connectivity index (χ0v) is 29.7. The van der Waals surface area contributed by atoms with Gasteiger partial charge in [0.2, 0.25) is 0 Å². The Morgan fingerprint density at radius 1 is 0.774 bits per heavy atom. The van der Waals surface area contributed by atoms with Gasteiger partial charge in [-0.1, -0.05) is 0 Å². The molecule has 53 heavy (non-hydrogen) atoms. The Kier molecular flexibility index (Phi) is 13.6. The topological polar surface area (TPSA) is 360 Å².